The van der Waals surface area contributed by atoms with Gasteiger partial charge in [-0.1, -0.05) is 0 Å². The molecule has 0 aromatic heterocycles. The molecule has 0 radical (unpaired) electrons. The topological polar surface area (TPSA) is 51.4 Å². The molecule has 0 N–H and O–H groups in total. The summed E-state index contributed by atoms with van der Waals surface area (Å²) in [5.74, 6) is 0.0665. The third-order valence-corrected chi connectivity index (χ3v) is 3.18. The highest BCUT2D eigenvalue weighted by Gasteiger charge is 2.89. The van der Waals surface area contributed by atoms with E-state index in [1.807, 2.05) is 6.92 Å². The van der Waals surface area contributed by atoms with E-state index in [1.165, 1.54) is 0 Å². The molecule has 12 heavy (non-hydrogen) atoms. The third-order valence-electron chi connectivity index (χ3n) is 3.18. The maximum absolute atomic E-state index is 11.6. The van der Waals surface area contributed by atoms with Crippen molar-refractivity contribution in [1.82, 2.24) is 0 Å². The van der Waals surface area contributed by atoms with Crippen molar-refractivity contribution >= 4 is 5.78 Å². The highest BCUT2D eigenvalue weighted by atomic mass is 16.7. The number of epoxide rings is 2. The van der Waals surface area contributed by atoms with E-state index in [-0.39, 0.29) is 23.6 Å². The van der Waals surface area contributed by atoms with Crippen LogP contribution in [0, 0.1) is 0 Å². The van der Waals surface area contributed by atoms with Crippen LogP contribution in [0.25, 0.3) is 0 Å². The molecule has 0 spiro atoms. The van der Waals surface area contributed by atoms with E-state index < -0.39 is 5.60 Å². The van der Waals surface area contributed by atoms with E-state index in [9.17, 15) is 4.79 Å². The molecular weight excluding hydrogens is 160 g/mol. The van der Waals surface area contributed by atoms with E-state index in [0.717, 1.165) is 0 Å². The van der Waals surface area contributed by atoms with Crippen molar-refractivity contribution in [1.29, 1.82) is 0 Å². The van der Waals surface area contributed by atoms with E-state index in [4.69, 9.17) is 14.2 Å². The fraction of sp³-hybridized carbons (Fsp3) is 0.875. The Morgan fingerprint density at radius 3 is 2.92 bits per heavy atom. The molecule has 3 fully saturated rings. The Hall–Kier alpha value is -0.450. The fourth-order valence-electron chi connectivity index (χ4n) is 2.33. The van der Waals surface area contributed by atoms with Crippen LogP contribution in [0.4, 0.5) is 0 Å². The van der Waals surface area contributed by atoms with Crippen molar-refractivity contribution in [3.05, 3.63) is 0 Å². The molecule has 0 amide bonds. The average molecular weight is 170 g/mol. The molecule has 3 aliphatic rings. The van der Waals surface area contributed by atoms with Crippen LogP contribution in [0.1, 0.15) is 6.92 Å². The number of Topliss-reactive ketones (excluding diaryl/α,β-unsaturated/α-hetero) is 1. The number of hydrogen-bond acceptors (Lipinski definition) is 4. The Morgan fingerprint density at radius 2 is 2.42 bits per heavy atom. The first kappa shape index (κ1) is 7.00. The second-order valence-electron chi connectivity index (χ2n) is 3.81. The maximum atomic E-state index is 11.6. The minimum absolute atomic E-state index is 0.000139. The standard InChI is InChI=1S/C8H10O4/c1-7-6-4(11-6)5(9)8(7,12-7)3-10-2/h4,6H,3H2,1-2H3/t4?,6?,7-,8+/m1/s1. The molecule has 4 heteroatoms. The first-order chi connectivity index (χ1) is 5.66. The zero-order chi connectivity index (χ0) is 8.56. The van der Waals surface area contributed by atoms with Gasteiger partial charge in [0.1, 0.15) is 17.8 Å². The zero-order valence-electron chi connectivity index (χ0n) is 6.99. The number of rotatable bonds is 2. The zero-order valence-corrected chi connectivity index (χ0v) is 6.99. The van der Waals surface area contributed by atoms with Crippen molar-refractivity contribution in [3.8, 4) is 0 Å². The summed E-state index contributed by atoms with van der Waals surface area (Å²) in [6, 6.07) is 0. The van der Waals surface area contributed by atoms with Crippen LogP contribution in [0.5, 0.6) is 0 Å². The minimum Gasteiger partial charge on any atom is -0.381 e. The van der Waals surface area contributed by atoms with E-state index in [1.54, 1.807) is 7.11 Å². The normalized spacial score (nSPS) is 59.7. The van der Waals surface area contributed by atoms with Gasteiger partial charge in [0.2, 0.25) is 5.78 Å². The SMILES string of the molecule is COC[C@@]12O[C@]1(C)C1OC1C2=O. The van der Waals surface area contributed by atoms with Crippen LogP contribution in [-0.2, 0) is 19.0 Å². The molecular formula is C8H10O4. The van der Waals surface area contributed by atoms with Crippen molar-refractivity contribution in [2.24, 2.45) is 0 Å². The van der Waals surface area contributed by atoms with Gasteiger partial charge in [-0.25, -0.2) is 0 Å². The third kappa shape index (κ3) is 0.470. The fourth-order valence-corrected chi connectivity index (χ4v) is 2.33. The molecule has 0 aromatic rings. The summed E-state index contributed by atoms with van der Waals surface area (Å²) in [7, 11) is 1.58. The van der Waals surface area contributed by atoms with Crippen LogP contribution in [0.3, 0.4) is 0 Å². The highest BCUT2D eigenvalue weighted by Crippen LogP contribution is 2.64. The Kier molecular flexibility index (Phi) is 0.932. The summed E-state index contributed by atoms with van der Waals surface area (Å²) in [5, 5.41) is 0. The van der Waals surface area contributed by atoms with Crippen LogP contribution in [0.15, 0.2) is 0 Å². The lowest BCUT2D eigenvalue weighted by atomic mass is 9.97. The van der Waals surface area contributed by atoms with Crippen molar-refractivity contribution < 1.29 is 19.0 Å². The molecule has 0 bridgehead atoms. The molecule has 1 aliphatic carbocycles. The summed E-state index contributed by atoms with van der Waals surface area (Å²) in [6.45, 7) is 2.28. The number of fused-ring (bicyclic) bond motifs is 3. The van der Waals surface area contributed by atoms with E-state index in [2.05, 4.69) is 0 Å². The summed E-state index contributed by atoms with van der Waals surface area (Å²) in [5.41, 5.74) is -1.04. The van der Waals surface area contributed by atoms with Gasteiger partial charge < -0.3 is 14.2 Å². The van der Waals surface area contributed by atoms with Gasteiger partial charge in [-0.2, -0.15) is 0 Å². The second-order valence-corrected chi connectivity index (χ2v) is 3.81. The summed E-state index contributed by atoms with van der Waals surface area (Å²) >= 11 is 0. The molecule has 4 nitrogen and oxygen atoms in total. The molecule has 0 aromatic carbocycles. The first-order valence-corrected chi connectivity index (χ1v) is 4.04. The maximum Gasteiger partial charge on any atom is 0.201 e. The second kappa shape index (κ2) is 1.60. The van der Waals surface area contributed by atoms with Crippen LogP contribution in [0.2, 0.25) is 0 Å². The molecule has 2 unspecified atom stereocenters. The predicted molar refractivity (Wildman–Crippen MR) is 37.8 cm³/mol. The lowest BCUT2D eigenvalue weighted by Gasteiger charge is -2.07. The van der Waals surface area contributed by atoms with Crippen LogP contribution in [-0.4, -0.2) is 42.9 Å². The van der Waals surface area contributed by atoms with Gasteiger partial charge >= 0.3 is 0 Å². The van der Waals surface area contributed by atoms with Gasteiger partial charge in [0.05, 0.1) is 6.61 Å². The van der Waals surface area contributed by atoms with Crippen molar-refractivity contribution in [2.45, 2.75) is 30.3 Å². The highest BCUT2D eigenvalue weighted by molar-refractivity contribution is 6.02. The van der Waals surface area contributed by atoms with Gasteiger partial charge in [-0.05, 0) is 6.92 Å². The Morgan fingerprint density at radius 1 is 1.67 bits per heavy atom. The number of methoxy groups -OCH3 is 1. The molecule has 2 saturated heterocycles. The molecule has 2 heterocycles. The molecule has 2 aliphatic heterocycles. The van der Waals surface area contributed by atoms with Gasteiger partial charge in [-0.15, -0.1) is 0 Å². The van der Waals surface area contributed by atoms with Crippen molar-refractivity contribution in [3.63, 3.8) is 0 Å². The predicted octanol–water partition coefficient (Wildman–Crippen LogP) is -0.489. The first-order valence-electron chi connectivity index (χ1n) is 4.04. The molecule has 1 saturated carbocycles. The van der Waals surface area contributed by atoms with Gasteiger partial charge in [0.15, 0.2) is 5.60 Å². The van der Waals surface area contributed by atoms with Crippen LogP contribution < -0.4 is 0 Å². The molecule has 4 atom stereocenters. The Labute approximate surface area is 69.8 Å². The number of ketones is 1. The van der Waals surface area contributed by atoms with E-state index in [0.29, 0.717) is 6.61 Å². The monoisotopic (exact) mass is 170 g/mol. The average Bonchev–Trinajstić information content (AvgIpc) is 2.83. The van der Waals surface area contributed by atoms with Crippen molar-refractivity contribution in [2.75, 3.05) is 13.7 Å². The van der Waals surface area contributed by atoms with Gasteiger partial charge in [-0.3, -0.25) is 4.79 Å². The summed E-state index contributed by atoms with van der Waals surface area (Å²) < 4.78 is 15.6. The van der Waals surface area contributed by atoms with Crippen LogP contribution >= 0.6 is 0 Å². The van der Waals surface area contributed by atoms with Gasteiger partial charge in [0.25, 0.3) is 0 Å². The lowest BCUT2D eigenvalue weighted by molar-refractivity contribution is -0.127. The number of hydrogen-bond donors (Lipinski definition) is 0. The number of carbonyl (C=O) groups is 1. The Bertz CT molecular complexity index is 272. The number of carbonyl (C=O) groups excluding carboxylic acids is 1. The molecule has 66 valence electrons. The van der Waals surface area contributed by atoms with Gasteiger partial charge in [0, 0.05) is 7.11 Å². The minimum atomic E-state index is -0.657. The lowest BCUT2D eigenvalue weighted by Crippen LogP contribution is -2.35. The summed E-state index contributed by atoms with van der Waals surface area (Å²) in [6.07, 6.45) is -0.195. The number of ether oxygens (including phenoxy) is 3. The summed E-state index contributed by atoms with van der Waals surface area (Å²) in [4.78, 5) is 11.6. The Balaban J connectivity index is 1.96. The molecule has 3 rings (SSSR count). The quantitative estimate of drug-likeness (QED) is 0.525. The smallest absolute Gasteiger partial charge is 0.201 e. The van der Waals surface area contributed by atoms with E-state index >= 15 is 0 Å². The largest absolute Gasteiger partial charge is 0.381 e.